The van der Waals surface area contributed by atoms with Crippen molar-refractivity contribution in [3.05, 3.63) is 23.5 Å². The van der Waals surface area contributed by atoms with Crippen LogP contribution in [0.5, 0.6) is 0 Å². The first-order chi connectivity index (χ1) is 5.00. The Morgan fingerprint density at radius 2 is 1.69 bits per heavy atom. The number of aryl methyl sites for hydroxylation is 1. The van der Waals surface area contributed by atoms with Crippen LogP contribution in [0.15, 0.2) is 12.1 Å². The maximum atomic E-state index is 11.8. The van der Waals surface area contributed by atoms with Gasteiger partial charge in [0.05, 0.1) is 5.69 Å². The summed E-state index contributed by atoms with van der Waals surface area (Å²) in [6.45, 7) is 1.58. The van der Waals surface area contributed by atoms with Gasteiger partial charge in [0, 0.05) is 0 Å². The number of nitrogens with zero attached hydrogens (tertiary/aromatic N) is 2. The summed E-state index contributed by atoms with van der Waals surface area (Å²) in [4.78, 5) is 0. The van der Waals surface area contributed by atoms with E-state index in [0.717, 1.165) is 6.07 Å². The summed E-state index contributed by atoms with van der Waals surface area (Å²) < 4.78 is 35.5. The van der Waals surface area contributed by atoms with Crippen molar-refractivity contribution >= 4 is 12.4 Å². The van der Waals surface area contributed by atoms with E-state index >= 15 is 0 Å². The highest BCUT2D eigenvalue weighted by Crippen LogP contribution is 2.26. The fourth-order valence-corrected chi connectivity index (χ4v) is 0.550. The molecule has 0 atom stereocenters. The number of rotatable bonds is 0. The number of aromatic nitrogens is 2. The lowest BCUT2D eigenvalue weighted by Crippen LogP contribution is -2.08. The molecular weight excluding hydrogens is 207 g/mol. The monoisotopic (exact) mass is 215 g/mol. The Labute approximate surface area is 79.4 Å². The van der Waals surface area contributed by atoms with Crippen molar-refractivity contribution in [1.82, 2.24) is 16.3 Å². The van der Waals surface area contributed by atoms with Crippen LogP contribution in [0.1, 0.15) is 11.4 Å². The number of alkyl halides is 3. The topological polar surface area (TPSA) is 60.8 Å². The largest absolute Gasteiger partial charge is 0.435 e. The summed E-state index contributed by atoms with van der Waals surface area (Å²) in [6, 6.07) is 2.18. The van der Waals surface area contributed by atoms with Crippen LogP contribution in [0.4, 0.5) is 13.2 Å². The van der Waals surface area contributed by atoms with Crippen LogP contribution in [0, 0.1) is 6.92 Å². The number of halogens is 4. The second-order valence-electron chi connectivity index (χ2n) is 2.06. The molecule has 0 amide bonds. The molecule has 0 saturated carbocycles. The molecule has 1 aromatic rings. The average Bonchev–Trinajstić information content (AvgIpc) is 1.86. The van der Waals surface area contributed by atoms with Gasteiger partial charge >= 0.3 is 6.18 Å². The van der Waals surface area contributed by atoms with Crippen LogP contribution in [-0.2, 0) is 6.18 Å². The molecule has 0 aliphatic rings. The van der Waals surface area contributed by atoms with Gasteiger partial charge in [-0.3, -0.25) is 0 Å². The molecule has 3 nitrogen and oxygen atoms in total. The fraction of sp³-hybridized carbons (Fsp3) is 0.333. The Balaban J connectivity index is 0. The SMILES string of the molecule is Cc1ccc(C(F)(F)F)nn1.Cl.N. The molecule has 0 radical (unpaired) electrons. The second kappa shape index (κ2) is 4.98. The third-order valence-electron chi connectivity index (χ3n) is 1.09. The molecule has 0 aromatic carbocycles. The van der Waals surface area contributed by atoms with Crippen LogP contribution in [-0.4, -0.2) is 10.2 Å². The first-order valence-corrected chi connectivity index (χ1v) is 2.87. The van der Waals surface area contributed by atoms with E-state index in [1.165, 1.54) is 6.07 Å². The Kier molecular flexibility index (Phi) is 5.61. The molecule has 1 rings (SSSR count). The third kappa shape index (κ3) is 4.05. The Bertz CT molecular complexity index is 246. The minimum absolute atomic E-state index is 0. The van der Waals surface area contributed by atoms with Crippen molar-refractivity contribution in [2.45, 2.75) is 13.1 Å². The molecule has 0 unspecified atom stereocenters. The molecule has 13 heavy (non-hydrogen) atoms. The van der Waals surface area contributed by atoms with Crippen molar-refractivity contribution in [1.29, 1.82) is 0 Å². The Hall–Kier alpha value is -0.880. The zero-order valence-electron chi connectivity index (χ0n) is 6.80. The standard InChI is InChI=1S/C6H5F3N2.ClH.H3N/c1-4-2-3-5(11-10-4)6(7,8)9;;/h2-3H,1H3;1H;1H3. The quantitative estimate of drug-likeness (QED) is 0.723. The third-order valence-corrected chi connectivity index (χ3v) is 1.09. The van der Waals surface area contributed by atoms with Crippen molar-refractivity contribution < 1.29 is 13.2 Å². The van der Waals surface area contributed by atoms with E-state index in [9.17, 15) is 13.2 Å². The van der Waals surface area contributed by atoms with Gasteiger partial charge < -0.3 is 6.15 Å². The fourth-order valence-electron chi connectivity index (χ4n) is 0.550. The van der Waals surface area contributed by atoms with Crippen LogP contribution < -0.4 is 6.15 Å². The first kappa shape index (κ1) is 14.6. The predicted molar refractivity (Wildman–Crippen MR) is 44.0 cm³/mol. The van der Waals surface area contributed by atoms with Crippen molar-refractivity contribution in [2.24, 2.45) is 0 Å². The van der Waals surface area contributed by atoms with E-state index in [2.05, 4.69) is 10.2 Å². The normalized spacial score (nSPS) is 9.85. The number of hydrogen-bond donors (Lipinski definition) is 1. The molecule has 0 aliphatic carbocycles. The summed E-state index contributed by atoms with van der Waals surface area (Å²) in [7, 11) is 0. The smallest absolute Gasteiger partial charge is 0.344 e. The summed E-state index contributed by atoms with van der Waals surface area (Å²) in [5, 5.41) is 6.25. The van der Waals surface area contributed by atoms with Gasteiger partial charge in [-0.15, -0.1) is 17.5 Å². The molecule has 0 saturated heterocycles. The predicted octanol–water partition coefficient (Wildman–Crippen LogP) is 2.39. The molecule has 0 spiro atoms. The van der Waals surface area contributed by atoms with Gasteiger partial charge in [-0.1, -0.05) is 0 Å². The van der Waals surface area contributed by atoms with Gasteiger partial charge in [0.2, 0.25) is 0 Å². The zero-order valence-corrected chi connectivity index (χ0v) is 7.61. The summed E-state index contributed by atoms with van der Waals surface area (Å²) in [6.07, 6.45) is -4.39. The highest BCUT2D eigenvalue weighted by molar-refractivity contribution is 5.85. The minimum Gasteiger partial charge on any atom is -0.344 e. The lowest BCUT2D eigenvalue weighted by atomic mass is 10.3. The van der Waals surface area contributed by atoms with E-state index in [-0.39, 0.29) is 18.6 Å². The van der Waals surface area contributed by atoms with Gasteiger partial charge in [-0.2, -0.15) is 18.3 Å². The molecule has 0 aliphatic heterocycles. The molecule has 1 heterocycles. The van der Waals surface area contributed by atoms with Gasteiger partial charge in [0.25, 0.3) is 0 Å². The van der Waals surface area contributed by atoms with E-state index in [0.29, 0.717) is 5.69 Å². The lowest BCUT2D eigenvalue weighted by Gasteiger charge is -2.02. The molecule has 0 fully saturated rings. The van der Waals surface area contributed by atoms with Gasteiger partial charge in [0.15, 0.2) is 5.69 Å². The van der Waals surface area contributed by atoms with Gasteiger partial charge in [-0.05, 0) is 19.1 Å². The average molecular weight is 216 g/mol. The summed E-state index contributed by atoms with van der Waals surface area (Å²) in [5.74, 6) is 0. The molecule has 1 aromatic heterocycles. The lowest BCUT2D eigenvalue weighted by molar-refractivity contribution is -0.141. The maximum Gasteiger partial charge on any atom is 0.435 e. The minimum atomic E-state index is -4.39. The van der Waals surface area contributed by atoms with Crippen LogP contribution in [0.3, 0.4) is 0 Å². The van der Waals surface area contributed by atoms with Gasteiger partial charge in [-0.25, -0.2) is 0 Å². The first-order valence-electron chi connectivity index (χ1n) is 2.87. The van der Waals surface area contributed by atoms with Gasteiger partial charge in [0.1, 0.15) is 0 Å². The highest BCUT2D eigenvalue weighted by Gasteiger charge is 2.32. The van der Waals surface area contributed by atoms with Crippen LogP contribution >= 0.6 is 12.4 Å². The highest BCUT2D eigenvalue weighted by atomic mass is 35.5. The molecule has 76 valence electrons. The second-order valence-corrected chi connectivity index (χ2v) is 2.06. The van der Waals surface area contributed by atoms with E-state index in [4.69, 9.17) is 0 Å². The summed E-state index contributed by atoms with van der Waals surface area (Å²) in [5.41, 5.74) is -0.485. The van der Waals surface area contributed by atoms with Crippen LogP contribution in [0.25, 0.3) is 0 Å². The zero-order chi connectivity index (χ0) is 8.48. The van der Waals surface area contributed by atoms with Crippen molar-refractivity contribution in [3.8, 4) is 0 Å². The van der Waals surface area contributed by atoms with E-state index in [1.807, 2.05) is 0 Å². The maximum absolute atomic E-state index is 11.8. The van der Waals surface area contributed by atoms with Crippen molar-refractivity contribution in [2.75, 3.05) is 0 Å². The van der Waals surface area contributed by atoms with Crippen LogP contribution in [0.2, 0.25) is 0 Å². The molecule has 0 bridgehead atoms. The molecule has 7 heteroatoms. The molecular formula is C6H9ClF3N3. The van der Waals surface area contributed by atoms with E-state index < -0.39 is 11.9 Å². The molecule has 3 N–H and O–H groups in total. The van der Waals surface area contributed by atoms with Crippen molar-refractivity contribution in [3.63, 3.8) is 0 Å². The van der Waals surface area contributed by atoms with E-state index in [1.54, 1.807) is 6.92 Å². The number of hydrogen-bond acceptors (Lipinski definition) is 3. The summed E-state index contributed by atoms with van der Waals surface area (Å²) >= 11 is 0. The Morgan fingerprint density at radius 3 is 2.00 bits per heavy atom. The Morgan fingerprint density at radius 1 is 1.15 bits per heavy atom.